The molecule has 2 rings (SSSR count). The number of piperidine rings is 1. The minimum absolute atomic E-state index is 0.151. The number of hydrogen-bond acceptors (Lipinski definition) is 4. The highest BCUT2D eigenvalue weighted by atomic mass is 32.2. The average Bonchev–Trinajstić information content (AvgIpc) is 2.40. The van der Waals surface area contributed by atoms with E-state index in [1.807, 2.05) is 37.4 Å². The molecule has 0 spiro atoms. The topological polar surface area (TPSA) is 41.6 Å². The zero-order valence-electron chi connectivity index (χ0n) is 14.6. The fraction of sp³-hybridized carbons (Fsp3) is 0.941. The third-order valence-corrected chi connectivity index (χ3v) is 6.20. The number of likely N-dealkylation sites (tertiary alicyclic amines) is 1. The Morgan fingerprint density at radius 3 is 2.59 bits per heavy atom. The first-order valence-corrected chi connectivity index (χ1v) is 9.83. The van der Waals surface area contributed by atoms with Crippen molar-refractivity contribution < 1.29 is 9.53 Å². The first-order valence-electron chi connectivity index (χ1n) is 8.61. The van der Waals surface area contributed by atoms with Gasteiger partial charge in [-0.1, -0.05) is 6.42 Å². The van der Waals surface area contributed by atoms with Crippen molar-refractivity contribution in [3.63, 3.8) is 0 Å². The molecule has 1 amide bonds. The number of hydrogen-bond donors (Lipinski definition) is 1. The van der Waals surface area contributed by atoms with Crippen LogP contribution in [0, 0.1) is 0 Å². The van der Waals surface area contributed by atoms with E-state index < -0.39 is 5.60 Å². The summed E-state index contributed by atoms with van der Waals surface area (Å²) in [5.41, 5.74) is -0.415. The summed E-state index contributed by atoms with van der Waals surface area (Å²) >= 11 is 1.99. The van der Waals surface area contributed by atoms with Crippen LogP contribution in [0.2, 0.25) is 0 Å². The standard InChI is InChI=1S/C17H32N2O2S/c1-16(2,3)21-15(20)19-11-6-5-8-14(19)12-18-13-17(22-4)9-7-10-17/h14,18H,5-13H2,1-4H3. The minimum Gasteiger partial charge on any atom is -0.444 e. The van der Waals surface area contributed by atoms with Crippen molar-refractivity contribution >= 4 is 17.9 Å². The van der Waals surface area contributed by atoms with E-state index in [4.69, 9.17) is 4.74 Å². The lowest BCUT2D eigenvalue weighted by Crippen LogP contribution is -2.52. The van der Waals surface area contributed by atoms with Crippen LogP contribution in [0.5, 0.6) is 0 Å². The van der Waals surface area contributed by atoms with E-state index in [0.29, 0.717) is 4.75 Å². The number of ether oxygens (including phenoxy) is 1. The van der Waals surface area contributed by atoms with Gasteiger partial charge in [0, 0.05) is 30.4 Å². The molecule has 1 N–H and O–H groups in total. The van der Waals surface area contributed by atoms with Crippen molar-refractivity contribution in [3.8, 4) is 0 Å². The molecule has 1 unspecified atom stereocenters. The van der Waals surface area contributed by atoms with E-state index in [9.17, 15) is 4.79 Å². The summed E-state index contributed by atoms with van der Waals surface area (Å²) in [6.45, 7) is 8.58. The normalized spacial score (nSPS) is 24.7. The molecule has 1 aliphatic carbocycles. The SMILES string of the molecule is CSC1(CNCC2CCCCN2C(=O)OC(C)(C)C)CCC1. The van der Waals surface area contributed by atoms with Gasteiger partial charge in [-0.05, 0) is 59.1 Å². The fourth-order valence-electron chi connectivity index (χ4n) is 3.26. The largest absolute Gasteiger partial charge is 0.444 e. The summed E-state index contributed by atoms with van der Waals surface area (Å²) in [5.74, 6) is 0. The van der Waals surface area contributed by atoms with Crippen molar-refractivity contribution in [2.45, 2.75) is 75.7 Å². The summed E-state index contributed by atoms with van der Waals surface area (Å²) in [6.07, 6.45) is 9.44. The summed E-state index contributed by atoms with van der Waals surface area (Å²) in [6, 6.07) is 0.280. The van der Waals surface area contributed by atoms with Crippen LogP contribution in [0.4, 0.5) is 4.79 Å². The Labute approximate surface area is 139 Å². The molecule has 2 fully saturated rings. The lowest BCUT2D eigenvalue weighted by atomic mass is 9.84. The van der Waals surface area contributed by atoms with Gasteiger partial charge in [0.15, 0.2) is 0 Å². The molecule has 1 heterocycles. The van der Waals surface area contributed by atoms with E-state index in [1.54, 1.807) is 0 Å². The Kier molecular flexibility index (Phi) is 6.06. The van der Waals surface area contributed by atoms with Gasteiger partial charge in [-0.2, -0.15) is 11.8 Å². The summed E-state index contributed by atoms with van der Waals surface area (Å²) < 4.78 is 6.01. The molecule has 5 heteroatoms. The van der Waals surface area contributed by atoms with Gasteiger partial charge in [-0.15, -0.1) is 0 Å². The van der Waals surface area contributed by atoms with Crippen molar-refractivity contribution in [2.24, 2.45) is 0 Å². The van der Waals surface area contributed by atoms with Gasteiger partial charge < -0.3 is 15.0 Å². The number of amides is 1. The predicted molar refractivity (Wildman–Crippen MR) is 93.5 cm³/mol. The summed E-state index contributed by atoms with van der Waals surface area (Å²) in [7, 11) is 0. The molecule has 1 atom stereocenters. The van der Waals surface area contributed by atoms with Crippen molar-refractivity contribution in [3.05, 3.63) is 0 Å². The second-order valence-electron chi connectivity index (χ2n) is 7.69. The first-order chi connectivity index (χ1) is 10.4. The Morgan fingerprint density at radius 2 is 2.05 bits per heavy atom. The number of rotatable bonds is 5. The molecule has 2 aliphatic rings. The second kappa shape index (κ2) is 7.43. The number of carbonyl (C=O) groups is 1. The van der Waals surface area contributed by atoms with E-state index >= 15 is 0 Å². The van der Waals surface area contributed by atoms with Gasteiger partial charge in [0.25, 0.3) is 0 Å². The monoisotopic (exact) mass is 328 g/mol. The highest BCUT2D eigenvalue weighted by Crippen LogP contribution is 2.42. The third-order valence-electron chi connectivity index (χ3n) is 4.78. The molecule has 1 aliphatic heterocycles. The van der Waals surface area contributed by atoms with Crippen LogP contribution in [-0.2, 0) is 4.74 Å². The molecule has 0 radical (unpaired) electrons. The zero-order valence-corrected chi connectivity index (χ0v) is 15.4. The zero-order chi connectivity index (χ0) is 16.2. The molecule has 0 aromatic carbocycles. The summed E-state index contributed by atoms with van der Waals surface area (Å²) in [4.78, 5) is 14.3. The quantitative estimate of drug-likeness (QED) is 0.836. The molecule has 1 saturated heterocycles. The fourth-order valence-corrected chi connectivity index (χ4v) is 4.21. The average molecular weight is 329 g/mol. The molecular formula is C17H32N2O2S. The van der Waals surface area contributed by atoms with Gasteiger partial charge in [0.2, 0.25) is 0 Å². The lowest BCUT2D eigenvalue weighted by Gasteiger charge is -2.42. The maximum atomic E-state index is 12.4. The molecule has 22 heavy (non-hydrogen) atoms. The van der Waals surface area contributed by atoms with Crippen molar-refractivity contribution in [1.82, 2.24) is 10.2 Å². The molecule has 4 nitrogen and oxygen atoms in total. The highest BCUT2D eigenvalue weighted by Gasteiger charge is 2.36. The predicted octanol–water partition coefficient (Wildman–Crippen LogP) is 3.65. The van der Waals surface area contributed by atoms with Crippen LogP contribution in [0.15, 0.2) is 0 Å². The molecular weight excluding hydrogens is 296 g/mol. The number of nitrogens with one attached hydrogen (secondary N) is 1. The molecule has 1 saturated carbocycles. The Morgan fingerprint density at radius 1 is 1.32 bits per heavy atom. The van der Waals surface area contributed by atoms with Crippen molar-refractivity contribution in [2.75, 3.05) is 25.9 Å². The van der Waals surface area contributed by atoms with E-state index in [0.717, 1.165) is 32.5 Å². The molecule has 128 valence electrons. The van der Waals surface area contributed by atoms with Gasteiger partial charge in [-0.3, -0.25) is 0 Å². The third kappa shape index (κ3) is 4.79. The van der Waals surface area contributed by atoms with E-state index in [2.05, 4.69) is 11.6 Å². The van der Waals surface area contributed by atoms with Gasteiger partial charge >= 0.3 is 6.09 Å². The Hall–Kier alpha value is -0.420. The van der Waals surface area contributed by atoms with Crippen LogP contribution < -0.4 is 5.32 Å². The number of thioether (sulfide) groups is 1. The smallest absolute Gasteiger partial charge is 0.410 e. The lowest BCUT2D eigenvalue weighted by molar-refractivity contribution is 0.00986. The maximum Gasteiger partial charge on any atom is 0.410 e. The molecule has 0 aromatic heterocycles. The summed E-state index contributed by atoms with van der Waals surface area (Å²) in [5, 5.41) is 3.63. The van der Waals surface area contributed by atoms with Crippen molar-refractivity contribution in [1.29, 1.82) is 0 Å². The minimum atomic E-state index is -0.415. The van der Waals surface area contributed by atoms with Crippen LogP contribution in [0.25, 0.3) is 0 Å². The molecule has 0 bridgehead atoms. The van der Waals surface area contributed by atoms with Crippen LogP contribution in [-0.4, -0.2) is 53.3 Å². The van der Waals surface area contributed by atoms with E-state index in [1.165, 1.54) is 25.7 Å². The van der Waals surface area contributed by atoms with Crippen LogP contribution in [0.1, 0.15) is 59.3 Å². The second-order valence-corrected chi connectivity index (χ2v) is 8.97. The highest BCUT2D eigenvalue weighted by molar-refractivity contribution is 8.00. The van der Waals surface area contributed by atoms with E-state index in [-0.39, 0.29) is 12.1 Å². The Balaban J connectivity index is 1.83. The number of nitrogens with zero attached hydrogens (tertiary/aromatic N) is 1. The first kappa shape index (κ1) is 17.9. The van der Waals surface area contributed by atoms with Crippen LogP contribution >= 0.6 is 11.8 Å². The van der Waals surface area contributed by atoms with Gasteiger partial charge in [0.05, 0.1) is 0 Å². The number of carbonyl (C=O) groups excluding carboxylic acids is 1. The molecule has 0 aromatic rings. The van der Waals surface area contributed by atoms with Gasteiger partial charge in [-0.25, -0.2) is 4.79 Å². The maximum absolute atomic E-state index is 12.4. The van der Waals surface area contributed by atoms with Gasteiger partial charge in [0.1, 0.15) is 5.60 Å². The Bertz CT molecular complexity index is 372. The van der Waals surface area contributed by atoms with Crippen LogP contribution in [0.3, 0.4) is 0 Å².